The van der Waals surface area contributed by atoms with Gasteiger partial charge in [-0.2, -0.15) is 0 Å². The Kier molecular flexibility index (Phi) is 5.74. The number of aromatic nitrogens is 1. The van der Waals surface area contributed by atoms with Crippen LogP contribution in [0.25, 0.3) is 28.3 Å². The summed E-state index contributed by atoms with van der Waals surface area (Å²) in [4.78, 5) is 4.46. The van der Waals surface area contributed by atoms with Gasteiger partial charge in [0.25, 0.3) is 0 Å². The number of ether oxygens (including phenoxy) is 2. The molecule has 0 radical (unpaired) electrons. The van der Waals surface area contributed by atoms with Gasteiger partial charge in [0, 0.05) is 40.8 Å². The SMILES string of the molecule is CN/C(=C\C(=N)CO)c1ccc(Br)cc1-c1oc(C)nc1-c1ccc2c(c1)OC(F)(F)O2. The Morgan fingerprint density at radius 3 is 2.69 bits per heavy atom. The van der Waals surface area contributed by atoms with Crippen LogP contribution in [0.4, 0.5) is 8.78 Å². The molecule has 0 saturated heterocycles. The Morgan fingerprint density at radius 2 is 1.97 bits per heavy atom. The second kappa shape index (κ2) is 8.36. The Balaban J connectivity index is 1.87. The molecule has 0 fully saturated rings. The van der Waals surface area contributed by atoms with Gasteiger partial charge in [-0.1, -0.05) is 22.0 Å². The molecule has 0 amide bonds. The van der Waals surface area contributed by atoms with Gasteiger partial charge in [0.2, 0.25) is 0 Å². The molecule has 3 aromatic rings. The van der Waals surface area contributed by atoms with Crippen LogP contribution in [-0.4, -0.2) is 35.8 Å². The van der Waals surface area contributed by atoms with Crippen molar-refractivity contribution < 1.29 is 27.8 Å². The Labute approximate surface area is 190 Å². The molecule has 166 valence electrons. The molecule has 3 N–H and O–H groups in total. The average molecular weight is 506 g/mol. The molecule has 2 aromatic carbocycles. The Hall–Kier alpha value is -3.24. The third kappa shape index (κ3) is 4.23. The summed E-state index contributed by atoms with van der Waals surface area (Å²) in [5.74, 6) is 0.621. The molecule has 7 nitrogen and oxygen atoms in total. The van der Waals surface area contributed by atoms with Gasteiger partial charge in [0.15, 0.2) is 23.1 Å². The van der Waals surface area contributed by atoms with E-state index < -0.39 is 12.9 Å². The number of rotatable bonds is 6. The molecule has 0 atom stereocenters. The minimum Gasteiger partial charge on any atom is -0.440 e. The second-order valence-corrected chi connectivity index (χ2v) is 7.84. The van der Waals surface area contributed by atoms with Crippen molar-refractivity contribution in [2.24, 2.45) is 0 Å². The Morgan fingerprint density at radius 1 is 1.22 bits per heavy atom. The van der Waals surface area contributed by atoms with E-state index in [4.69, 9.17) is 9.83 Å². The van der Waals surface area contributed by atoms with Crippen LogP contribution in [0.5, 0.6) is 11.5 Å². The molecule has 1 aliphatic rings. The highest BCUT2D eigenvalue weighted by molar-refractivity contribution is 9.10. The topological polar surface area (TPSA) is 101 Å². The predicted molar refractivity (Wildman–Crippen MR) is 118 cm³/mol. The number of fused-ring (bicyclic) bond motifs is 1. The lowest BCUT2D eigenvalue weighted by molar-refractivity contribution is -0.286. The van der Waals surface area contributed by atoms with Crippen LogP contribution in [0.15, 0.2) is 51.4 Å². The van der Waals surface area contributed by atoms with Crippen molar-refractivity contribution in [1.29, 1.82) is 5.41 Å². The van der Waals surface area contributed by atoms with E-state index in [0.29, 0.717) is 39.7 Å². The normalized spacial score (nSPS) is 14.5. The van der Waals surface area contributed by atoms with Crippen molar-refractivity contribution in [1.82, 2.24) is 10.3 Å². The third-order valence-corrected chi connectivity index (χ3v) is 5.18. The summed E-state index contributed by atoms with van der Waals surface area (Å²) in [5, 5.41) is 20.1. The number of hydrogen-bond donors (Lipinski definition) is 3. The number of benzene rings is 2. The minimum atomic E-state index is -3.72. The standard InChI is InChI=1S/C22H18BrF2N3O4/c1-11-28-20(12-3-6-18-19(7-12)32-22(24,25)31-18)21(30-11)16-8-13(23)4-5-15(16)17(27-2)9-14(26)10-29/h3-9,26-27,29H,10H2,1-2H3/b17-9-,26-14?. The maximum atomic E-state index is 13.4. The van der Waals surface area contributed by atoms with Crippen molar-refractivity contribution >= 4 is 27.3 Å². The molecule has 10 heteroatoms. The molecule has 0 unspecified atom stereocenters. The van der Waals surface area contributed by atoms with Crippen LogP contribution < -0.4 is 14.8 Å². The Bertz CT molecular complexity index is 1240. The summed E-state index contributed by atoms with van der Waals surface area (Å²) >= 11 is 3.47. The quantitative estimate of drug-likeness (QED) is 0.408. The maximum absolute atomic E-state index is 13.4. The molecule has 0 aliphatic carbocycles. The lowest BCUT2D eigenvalue weighted by Crippen LogP contribution is -2.25. The van der Waals surface area contributed by atoms with Gasteiger partial charge in [0.05, 0.1) is 12.3 Å². The smallest absolute Gasteiger partial charge is 0.440 e. The summed E-state index contributed by atoms with van der Waals surface area (Å²) in [6.45, 7) is 1.27. The monoisotopic (exact) mass is 505 g/mol. The first-order chi connectivity index (χ1) is 15.2. The van der Waals surface area contributed by atoms with E-state index in [1.807, 2.05) is 18.2 Å². The lowest BCUT2D eigenvalue weighted by atomic mass is 9.98. The number of nitrogens with one attached hydrogen (secondary N) is 2. The molecular formula is C22H18BrF2N3O4. The van der Waals surface area contributed by atoms with E-state index in [0.717, 1.165) is 4.47 Å². The summed E-state index contributed by atoms with van der Waals surface area (Å²) in [5.41, 5.74) is 2.87. The van der Waals surface area contributed by atoms with Crippen LogP contribution in [-0.2, 0) is 0 Å². The summed E-state index contributed by atoms with van der Waals surface area (Å²) in [6.07, 6.45) is -2.21. The maximum Gasteiger partial charge on any atom is 0.586 e. The minimum absolute atomic E-state index is 0.0221. The van der Waals surface area contributed by atoms with Gasteiger partial charge in [-0.3, -0.25) is 0 Å². The summed E-state index contributed by atoms with van der Waals surface area (Å²) in [6, 6.07) is 9.89. The van der Waals surface area contributed by atoms with Crippen molar-refractivity contribution in [2.75, 3.05) is 13.7 Å². The van der Waals surface area contributed by atoms with Crippen molar-refractivity contribution in [3.05, 3.63) is 58.4 Å². The molecule has 1 aliphatic heterocycles. The van der Waals surface area contributed by atoms with Crippen LogP contribution in [0, 0.1) is 12.3 Å². The zero-order chi connectivity index (χ0) is 23.0. The van der Waals surface area contributed by atoms with Crippen molar-refractivity contribution in [3.63, 3.8) is 0 Å². The predicted octanol–water partition coefficient (Wildman–Crippen LogP) is 4.97. The summed E-state index contributed by atoms with van der Waals surface area (Å²) < 4.78 is 42.6. The number of nitrogens with zero attached hydrogens (tertiary/aromatic N) is 1. The number of aryl methyl sites for hydroxylation is 1. The van der Waals surface area contributed by atoms with Crippen LogP contribution >= 0.6 is 15.9 Å². The van der Waals surface area contributed by atoms with Crippen LogP contribution in [0.1, 0.15) is 11.5 Å². The molecular weight excluding hydrogens is 488 g/mol. The van der Waals surface area contributed by atoms with Gasteiger partial charge in [-0.15, -0.1) is 8.78 Å². The van der Waals surface area contributed by atoms with Gasteiger partial charge >= 0.3 is 6.29 Å². The first kappa shape index (κ1) is 22.0. The molecule has 0 spiro atoms. The largest absolute Gasteiger partial charge is 0.586 e. The van der Waals surface area contributed by atoms with E-state index in [9.17, 15) is 13.9 Å². The average Bonchev–Trinajstić information content (AvgIpc) is 3.29. The molecule has 0 bridgehead atoms. The highest BCUT2D eigenvalue weighted by Gasteiger charge is 2.43. The van der Waals surface area contributed by atoms with Crippen molar-refractivity contribution in [2.45, 2.75) is 13.2 Å². The van der Waals surface area contributed by atoms with Gasteiger partial charge in [-0.05, 0) is 36.4 Å². The highest BCUT2D eigenvalue weighted by atomic mass is 79.9. The number of hydrogen-bond acceptors (Lipinski definition) is 7. The van der Waals surface area contributed by atoms with Gasteiger partial charge in [-0.25, -0.2) is 4.98 Å². The summed E-state index contributed by atoms with van der Waals surface area (Å²) in [7, 11) is 1.70. The molecule has 1 aromatic heterocycles. The number of halogens is 3. The fourth-order valence-corrected chi connectivity index (χ4v) is 3.71. The zero-order valence-electron chi connectivity index (χ0n) is 17.0. The fraction of sp³-hybridized carbons (Fsp3) is 0.182. The van der Waals surface area contributed by atoms with E-state index in [2.05, 4.69) is 35.7 Å². The van der Waals surface area contributed by atoms with Gasteiger partial charge in [0.1, 0.15) is 5.69 Å². The fourth-order valence-electron chi connectivity index (χ4n) is 3.35. The van der Waals surface area contributed by atoms with Gasteiger partial charge < -0.3 is 29.7 Å². The molecule has 0 saturated carbocycles. The van der Waals surface area contributed by atoms with E-state index >= 15 is 0 Å². The number of aliphatic hydroxyl groups is 1. The van der Waals surface area contributed by atoms with E-state index in [-0.39, 0.29) is 17.2 Å². The van der Waals surface area contributed by atoms with Crippen LogP contribution in [0.2, 0.25) is 0 Å². The first-order valence-electron chi connectivity index (χ1n) is 9.46. The van der Waals surface area contributed by atoms with Crippen LogP contribution in [0.3, 0.4) is 0 Å². The first-order valence-corrected chi connectivity index (χ1v) is 10.3. The molecule has 2 heterocycles. The van der Waals surface area contributed by atoms with Crippen molar-refractivity contribution in [3.8, 4) is 34.1 Å². The number of oxazole rings is 1. The molecule has 32 heavy (non-hydrogen) atoms. The molecule has 4 rings (SSSR count). The lowest BCUT2D eigenvalue weighted by Gasteiger charge is -2.13. The third-order valence-electron chi connectivity index (χ3n) is 4.68. The van der Waals surface area contributed by atoms with E-state index in [1.165, 1.54) is 18.2 Å². The number of aliphatic hydroxyl groups excluding tert-OH is 1. The zero-order valence-corrected chi connectivity index (χ0v) is 18.6. The second-order valence-electron chi connectivity index (χ2n) is 6.92. The highest BCUT2D eigenvalue weighted by Crippen LogP contribution is 2.45. The number of alkyl halides is 2. The van der Waals surface area contributed by atoms with E-state index in [1.54, 1.807) is 20.0 Å².